The molecule has 0 aliphatic rings. The van der Waals surface area contributed by atoms with Gasteiger partial charge in [-0.3, -0.25) is 9.78 Å². The van der Waals surface area contributed by atoms with Crippen molar-refractivity contribution in [3.8, 4) is 0 Å². The number of nitrogens with zero attached hydrogens (tertiary/aromatic N) is 1. The van der Waals surface area contributed by atoms with Crippen LogP contribution in [0.1, 0.15) is 37.0 Å². The highest BCUT2D eigenvalue weighted by Crippen LogP contribution is 2.18. The summed E-state index contributed by atoms with van der Waals surface area (Å²) in [7, 11) is 0. The molecule has 0 saturated carbocycles. The molecule has 0 aliphatic heterocycles. The van der Waals surface area contributed by atoms with E-state index in [9.17, 15) is 9.18 Å². The van der Waals surface area contributed by atoms with Gasteiger partial charge in [0.15, 0.2) is 5.78 Å². The molecular formula is C11H15FN2O. The summed E-state index contributed by atoms with van der Waals surface area (Å²) in [6.45, 7) is 3.68. The number of hydrogen-bond donors (Lipinski definition) is 1. The van der Waals surface area contributed by atoms with Crippen molar-refractivity contribution in [1.82, 2.24) is 4.98 Å². The minimum Gasteiger partial charge on any atom is -0.319 e. The molecule has 0 aliphatic carbocycles. The van der Waals surface area contributed by atoms with E-state index in [-0.39, 0.29) is 11.3 Å². The van der Waals surface area contributed by atoms with Gasteiger partial charge in [-0.15, -0.1) is 0 Å². The van der Waals surface area contributed by atoms with E-state index in [0.717, 1.165) is 6.20 Å². The number of halogens is 1. The van der Waals surface area contributed by atoms with Crippen molar-refractivity contribution < 1.29 is 9.18 Å². The molecule has 0 unspecified atom stereocenters. The molecule has 0 spiro atoms. The topological polar surface area (TPSA) is 56.0 Å². The summed E-state index contributed by atoms with van der Waals surface area (Å²) >= 11 is 0. The van der Waals surface area contributed by atoms with Crippen LogP contribution in [0.4, 0.5) is 4.39 Å². The lowest BCUT2D eigenvalue weighted by Gasteiger charge is -2.24. The largest absolute Gasteiger partial charge is 0.319 e. The van der Waals surface area contributed by atoms with Gasteiger partial charge in [0, 0.05) is 11.8 Å². The first-order chi connectivity index (χ1) is 7.03. The number of rotatable bonds is 4. The van der Waals surface area contributed by atoms with Crippen LogP contribution in [0.5, 0.6) is 0 Å². The van der Waals surface area contributed by atoms with Gasteiger partial charge in [0.2, 0.25) is 0 Å². The van der Waals surface area contributed by atoms with Crippen molar-refractivity contribution in [2.45, 2.75) is 32.2 Å². The van der Waals surface area contributed by atoms with Crippen LogP contribution in [0.15, 0.2) is 18.5 Å². The van der Waals surface area contributed by atoms with Crippen LogP contribution in [0.3, 0.4) is 0 Å². The number of Topliss-reactive ketones (excluding diaryl/α,β-unsaturated/α-hetero) is 1. The van der Waals surface area contributed by atoms with E-state index in [0.29, 0.717) is 12.8 Å². The maximum Gasteiger partial charge on any atom is 0.184 e. The Hall–Kier alpha value is -1.29. The summed E-state index contributed by atoms with van der Waals surface area (Å²) in [6.07, 6.45) is 3.46. The Morgan fingerprint density at radius 2 is 2.07 bits per heavy atom. The third-order valence-electron chi connectivity index (χ3n) is 2.68. The Labute approximate surface area is 88.5 Å². The van der Waals surface area contributed by atoms with Gasteiger partial charge in [-0.25, -0.2) is 4.39 Å². The highest BCUT2D eigenvalue weighted by atomic mass is 19.1. The maximum absolute atomic E-state index is 12.9. The fourth-order valence-corrected chi connectivity index (χ4v) is 1.39. The molecule has 0 fully saturated rings. The summed E-state index contributed by atoms with van der Waals surface area (Å²) in [6, 6.07) is 1.17. The fraction of sp³-hybridized carbons (Fsp3) is 0.455. The monoisotopic (exact) mass is 210 g/mol. The van der Waals surface area contributed by atoms with Gasteiger partial charge in [0.1, 0.15) is 5.82 Å². The predicted octanol–water partition coefficient (Wildman–Crippen LogP) is 1.92. The first-order valence-electron chi connectivity index (χ1n) is 4.97. The van der Waals surface area contributed by atoms with Gasteiger partial charge in [0.05, 0.1) is 11.7 Å². The molecule has 1 heterocycles. The number of aromatic nitrogens is 1. The van der Waals surface area contributed by atoms with E-state index in [1.165, 1.54) is 12.3 Å². The smallest absolute Gasteiger partial charge is 0.184 e. The maximum atomic E-state index is 12.9. The van der Waals surface area contributed by atoms with Crippen LogP contribution in [-0.2, 0) is 0 Å². The molecule has 82 valence electrons. The molecule has 0 amide bonds. The predicted molar refractivity (Wildman–Crippen MR) is 56.0 cm³/mol. The Morgan fingerprint density at radius 1 is 1.47 bits per heavy atom. The summed E-state index contributed by atoms with van der Waals surface area (Å²) in [4.78, 5) is 15.6. The third-order valence-corrected chi connectivity index (χ3v) is 2.68. The minimum absolute atomic E-state index is 0.237. The van der Waals surface area contributed by atoms with Crippen LogP contribution in [0, 0.1) is 5.82 Å². The lowest BCUT2D eigenvalue weighted by Crippen LogP contribution is -2.46. The second-order valence-corrected chi connectivity index (χ2v) is 3.58. The van der Waals surface area contributed by atoms with E-state index in [4.69, 9.17) is 5.73 Å². The van der Waals surface area contributed by atoms with Crippen molar-refractivity contribution in [1.29, 1.82) is 0 Å². The molecular weight excluding hydrogens is 195 g/mol. The van der Waals surface area contributed by atoms with E-state index in [1.807, 2.05) is 13.8 Å². The first kappa shape index (κ1) is 11.8. The standard InChI is InChI=1S/C11H15FN2O/c1-3-11(13,4-2)10(15)8-5-9(12)7-14-6-8/h5-7H,3-4,13H2,1-2H3. The molecule has 2 N–H and O–H groups in total. The van der Waals surface area contributed by atoms with Crippen LogP contribution in [0.25, 0.3) is 0 Å². The molecule has 0 radical (unpaired) electrons. The Morgan fingerprint density at radius 3 is 2.53 bits per heavy atom. The molecule has 0 bridgehead atoms. The average Bonchev–Trinajstić information content (AvgIpc) is 2.27. The molecule has 1 aromatic rings. The molecule has 4 heteroatoms. The van der Waals surface area contributed by atoms with Crippen LogP contribution >= 0.6 is 0 Å². The number of pyridine rings is 1. The zero-order chi connectivity index (χ0) is 11.5. The molecule has 0 aromatic carbocycles. The fourth-order valence-electron chi connectivity index (χ4n) is 1.39. The number of nitrogens with two attached hydrogens (primary N) is 1. The van der Waals surface area contributed by atoms with E-state index in [2.05, 4.69) is 4.98 Å². The molecule has 3 nitrogen and oxygen atoms in total. The van der Waals surface area contributed by atoms with E-state index >= 15 is 0 Å². The van der Waals surface area contributed by atoms with Crippen molar-refractivity contribution in [2.75, 3.05) is 0 Å². The first-order valence-corrected chi connectivity index (χ1v) is 4.97. The summed E-state index contributed by atoms with van der Waals surface area (Å²) in [5.41, 5.74) is 5.25. The van der Waals surface area contributed by atoms with Crippen molar-refractivity contribution in [2.24, 2.45) is 5.73 Å². The Balaban J connectivity index is 3.03. The van der Waals surface area contributed by atoms with Gasteiger partial charge in [0.25, 0.3) is 0 Å². The molecule has 0 atom stereocenters. The van der Waals surface area contributed by atoms with Crippen molar-refractivity contribution >= 4 is 5.78 Å². The molecule has 15 heavy (non-hydrogen) atoms. The van der Waals surface area contributed by atoms with Crippen LogP contribution in [-0.4, -0.2) is 16.3 Å². The number of carbonyl (C=O) groups is 1. The number of hydrogen-bond acceptors (Lipinski definition) is 3. The number of carbonyl (C=O) groups excluding carboxylic acids is 1. The van der Waals surface area contributed by atoms with Gasteiger partial charge < -0.3 is 5.73 Å². The zero-order valence-corrected chi connectivity index (χ0v) is 8.96. The minimum atomic E-state index is -0.907. The molecule has 0 saturated heterocycles. The van der Waals surface area contributed by atoms with Gasteiger partial charge >= 0.3 is 0 Å². The van der Waals surface area contributed by atoms with E-state index < -0.39 is 11.4 Å². The van der Waals surface area contributed by atoms with Crippen molar-refractivity contribution in [3.63, 3.8) is 0 Å². The summed E-state index contributed by atoms with van der Waals surface area (Å²) in [5, 5.41) is 0. The normalized spacial score (nSPS) is 11.5. The van der Waals surface area contributed by atoms with Crippen LogP contribution in [0.2, 0.25) is 0 Å². The lowest BCUT2D eigenvalue weighted by atomic mass is 9.86. The molecule has 1 aromatic heterocycles. The summed E-state index contributed by atoms with van der Waals surface area (Å²) < 4.78 is 12.9. The number of ketones is 1. The van der Waals surface area contributed by atoms with Gasteiger partial charge in [-0.1, -0.05) is 13.8 Å². The van der Waals surface area contributed by atoms with Crippen LogP contribution < -0.4 is 5.73 Å². The van der Waals surface area contributed by atoms with E-state index in [1.54, 1.807) is 0 Å². The zero-order valence-electron chi connectivity index (χ0n) is 8.96. The molecule has 1 rings (SSSR count). The third kappa shape index (κ3) is 2.39. The summed E-state index contributed by atoms with van der Waals surface area (Å²) in [5.74, 6) is -0.769. The van der Waals surface area contributed by atoms with Gasteiger partial charge in [-0.2, -0.15) is 0 Å². The Bertz CT molecular complexity index is 361. The quantitative estimate of drug-likeness (QED) is 0.772. The Kier molecular flexibility index (Phi) is 3.52. The lowest BCUT2D eigenvalue weighted by molar-refractivity contribution is 0.0878. The second kappa shape index (κ2) is 4.49. The van der Waals surface area contributed by atoms with Crippen molar-refractivity contribution in [3.05, 3.63) is 29.8 Å². The highest BCUT2D eigenvalue weighted by Gasteiger charge is 2.31. The average molecular weight is 210 g/mol. The highest BCUT2D eigenvalue weighted by molar-refractivity contribution is 6.02. The van der Waals surface area contributed by atoms with Gasteiger partial charge in [-0.05, 0) is 18.9 Å². The SMILES string of the molecule is CCC(N)(CC)C(=O)c1cncc(F)c1. The second-order valence-electron chi connectivity index (χ2n) is 3.58.